The number of hydrogen-bond acceptors (Lipinski definition) is 8. The Morgan fingerprint density at radius 2 is 1.48 bits per heavy atom. The third-order valence-electron chi connectivity index (χ3n) is 4.51. The summed E-state index contributed by atoms with van der Waals surface area (Å²) in [7, 11) is 2.48. The molecule has 0 aliphatic heterocycles. The normalized spacial score (nSPS) is 12.6. The third kappa shape index (κ3) is 4.85. The SMILES string of the molecule is COC(=O)[C@H](C)Oc1cc(O[C@H](C)C(=O)OC)c2c(=O)cc(-c3ccccc3)oc2c1. The Kier molecular flexibility index (Phi) is 6.59. The van der Waals surface area contributed by atoms with Crippen LogP contribution in [0.5, 0.6) is 11.5 Å². The number of rotatable bonds is 7. The first-order valence-electron chi connectivity index (χ1n) is 9.50. The van der Waals surface area contributed by atoms with Gasteiger partial charge >= 0.3 is 11.9 Å². The number of carbonyl (C=O) groups is 2. The van der Waals surface area contributed by atoms with Crippen molar-refractivity contribution in [2.45, 2.75) is 26.1 Å². The van der Waals surface area contributed by atoms with Crippen LogP contribution >= 0.6 is 0 Å². The van der Waals surface area contributed by atoms with Gasteiger partial charge in [-0.3, -0.25) is 4.79 Å². The summed E-state index contributed by atoms with van der Waals surface area (Å²) in [6.45, 7) is 3.01. The molecule has 2 atom stereocenters. The van der Waals surface area contributed by atoms with Gasteiger partial charge in [-0.2, -0.15) is 0 Å². The zero-order valence-electron chi connectivity index (χ0n) is 17.5. The van der Waals surface area contributed by atoms with Crippen LogP contribution in [0.25, 0.3) is 22.3 Å². The molecule has 0 fully saturated rings. The topological polar surface area (TPSA) is 101 Å². The Labute approximate surface area is 178 Å². The van der Waals surface area contributed by atoms with Crippen LogP contribution in [-0.2, 0) is 19.1 Å². The molecule has 0 saturated carbocycles. The van der Waals surface area contributed by atoms with Crippen molar-refractivity contribution in [1.29, 1.82) is 0 Å². The second-order valence-electron chi connectivity index (χ2n) is 6.70. The van der Waals surface area contributed by atoms with E-state index in [2.05, 4.69) is 9.47 Å². The number of methoxy groups -OCH3 is 2. The maximum atomic E-state index is 12.9. The van der Waals surface area contributed by atoms with E-state index in [1.54, 1.807) is 12.1 Å². The summed E-state index contributed by atoms with van der Waals surface area (Å²) in [4.78, 5) is 36.5. The zero-order chi connectivity index (χ0) is 22.5. The van der Waals surface area contributed by atoms with Gasteiger partial charge in [0.2, 0.25) is 0 Å². The van der Waals surface area contributed by atoms with Crippen LogP contribution in [0.3, 0.4) is 0 Å². The van der Waals surface area contributed by atoms with E-state index in [1.807, 2.05) is 18.2 Å². The molecule has 0 saturated heterocycles. The summed E-state index contributed by atoms with van der Waals surface area (Å²) in [6, 6.07) is 13.4. The first-order chi connectivity index (χ1) is 14.8. The van der Waals surface area contributed by atoms with Crippen LogP contribution in [0.4, 0.5) is 0 Å². The quantitative estimate of drug-likeness (QED) is 0.530. The van der Waals surface area contributed by atoms with E-state index in [9.17, 15) is 14.4 Å². The molecule has 0 amide bonds. The van der Waals surface area contributed by atoms with Gasteiger partial charge in [-0.15, -0.1) is 0 Å². The van der Waals surface area contributed by atoms with Crippen molar-refractivity contribution in [1.82, 2.24) is 0 Å². The monoisotopic (exact) mass is 426 g/mol. The minimum atomic E-state index is -0.991. The van der Waals surface area contributed by atoms with E-state index in [4.69, 9.17) is 13.9 Å². The molecule has 0 aliphatic rings. The minimum Gasteiger partial charge on any atom is -0.479 e. The molecule has 3 rings (SSSR count). The van der Waals surface area contributed by atoms with Crippen molar-refractivity contribution in [3.8, 4) is 22.8 Å². The molecule has 0 bridgehead atoms. The Balaban J connectivity index is 2.15. The third-order valence-corrected chi connectivity index (χ3v) is 4.51. The highest BCUT2D eigenvalue weighted by Crippen LogP contribution is 2.33. The van der Waals surface area contributed by atoms with Gasteiger partial charge in [0.1, 0.15) is 28.2 Å². The Hall–Kier alpha value is -3.81. The minimum absolute atomic E-state index is 0.0656. The lowest BCUT2D eigenvalue weighted by Crippen LogP contribution is -2.26. The van der Waals surface area contributed by atoms with Gasteiger partial charge in [-0.1, -0.05) is 30.3 Å². The number of fused-ring (bicyclic) bond motifs is 1. The molecule has 2 aromatic carbocycles. The average molecular weight is 426 g/mol. The van der Waals surface area contributed by atoms with Gasteiger partial charge in [-0.05, 0) is 13.8 Å². The lowest BCUT2D eigenvalue weighted by molar-refractivity contribution is -0.148. The lowest BCUT2D eigenvalue weighted by atomic mass is 10.1. The molecule has 1 aromatic heterocycles. The smallest absolute Gasteiger partial charge is 0.346 e. The van der Waals surface area contributed by atoms with Crippen LogP contribution in [0.15, 0.2) is 57.7 Å². The molecule has 0 unspecified atom stereocenters. The van der Waals surface area contributed by atoms with E-state index in [-0.39, 0.29) is 27.9 Å². The number of esters is 2. The number of hydrogen-bond donors (Lipinski definition) is 0. The molecular formula is C23H22O8. The summed E-state index contributed by atoms with van der Waals surface area (Å²) in [6.07, 6.45) is -1.91. The molecule has 8 heteroatoms. The van der Waals surface area contributed by atoms with E-state index >= 15 is 0 Å². The van der Waals surface area contributed by atoms with E-state index in [0.29, 0.717) is 11.3 Å². The highest BCUT2D eigenvalue weighted by atomic mass is 16.6. The van der Waals surface area contributed by atoms with Crippen molar-refractivity contribution >= 4 is 22.9 Å². The maximum absolute atomic E-state index is 12.9. The molecule has 162 valence electrons. The molecule has 8 nitrogen and oxygen atoms in total. The van der Waals surface area contributed by atoms with Crippen LogP contribution in [0.2, 0.25) is 0 Å². The van der Waals surface area contributed by atoms with Crippen LogP contribution in [-0.4, -0.2) is 38.4 Å². The first kappa shape index (κ1) is 21.9. The van der Waals surface area contributed by atoms with Crippen LogP contribution in [0.1, 0.15) is 13.8 Å². The highest BCUT2D eigenvalue weighted by molar-refractivity contribution is 5.87. The molecule has 1 heterocycles. The fraction of sp³-hybridized carbons (Fsp3) is 0.261. The fourth-order valence-electron chi connectivity index (χ4n) is 2.96. The molecule has 0 spiro atoms. The van der Waals surface area contributed by atoms with E-state index < -0.39 is 24.1 Å². The van der Waals surface area contributed by atoms with Gasteiger partial charge < -0.3 is 23.4 Å². The zero-order valence-corrected chi connectivity index (χ0v) is 17.5. The van der Waals surface area contributed by atoms with Gasteiger partial charge in [0.15, 0.2) is 17.6 Å². The molecule has 3 aromatic rings. The van der Waals surface area contributed by atoms with Gasteiger partial charge in [0, 0.05) is 23.8 Å². The van der Waals surface area contributed by atoms with E-state index in [0.717, 1.165) is 0 Å². The molecular weight excluding hydrogens is 404 g/mol. The van der Waals surface area contributed by atoms with Crippen molar-refractivity contribution < 1.29 is 33.0 Å². The van der Waals surface area contributed by atoms with Gasteiger partial charge in [-0.25, -0.2) is 9.59 Å². The summed E-state index contributed by atoms with van der Waals surface area (Å²) in [5.74, 6) is -0.581. The molecule has 0 radical (unpaired) electrons. The Bertz CT molecular complexity index is 1150. The van der Waals surface area contributed by atoms with Crippen molar-refractivity contribution in [2.75, 3.05) is 14.2 Å². The summed E-state index contributed by atoms with van der Waals surface area (Å²) in [5, 5.41) is 0.133. The number of ether oxygens (including phenoxy) is 4. The summed E-state index contributed by atoms with van der Waals surface area (Å²) < 4.78 is 26.6. The molecule has 0 N–H and O–H groups in total. The Morgan fingerprint density at radius 1 is 0.871 bits per heavy atom. The molecule has 0 aliphatic carbocycles. The number of benzene rings is 2. The number of carbonyl (C=O) groups excluding carboxylic acids is 2. The lowest BCUT2D eigenvalue weighted by Gasteiger charge is -2.17. The molecule has 31 heavy (non-hydrogen) atoms. The standard InChI is InChI=1S/C23H22O8/c1-13(22(25)27-3)29-16-10-19(30-14(2)23(26)28-4)21-17(24)12-18(31-20(21)11-16)15-8-6-5-7-9-15/h5-14H,1-4H3/t13-,14+/m0/s1. The first-order valence-corrected chi connectivity index (χ1v) is 9.50. The predicted octanol–water partition coefficient (Wildman–Crippen LogP) is 3.34. The summed E-state index contributed by atoms with van der Waals surface area (Å²) in [5.41, 5.74) is 0.522. The second kappa shape index (κ2) is 9.34. The van der Waals surface area contributed by atoms with Crippen molar-refractivity contribution in [2.24, 2.45) is 0 Å². The predicted molar refractivity (Wildman–Crippen MR) is 112 cm³/mol. The average Bonchev–Trinajstić information content (AvgIpc) is 2.77. The summed E-state index contributed by atoms with van der Waals surface area (Å²) >= 11 is 0. The van der Waals surface area contributed by atoms with Crippen molar-refractivity contribution in [3.05, 3.63) is 58.8 Å². The van der Waals surface area contributed by atoms with Crippen molar-refractivity contribution in [3.63, 3.8) is 0 Å². The van der Waals surface area contributed by atoms with E-state index in [1.165, 1.54) is 46.3 Å². The van der Waals surface area contributed by atoms with Gasteiger partial charge in [0.25, 0.3) is 0 Å². The Morgan fingerprint density at radius 3 is 2.10 bits per heavy atom. The fourth-order valence-corrected chi connectivity index (χ4v) is 2.96. The van der Waals surface area contributed by atoms with Crippen LogP contribution < -0.4 is 14.9 Å². The second-order valence-corrected chi connectivity index (χ2v) is 6.70. The highest BCUT2D eigenvalue weighted by Gasteiger charge is 2.22. The van der Waals surface area contributed by atoms with Crippen LogP contribution in [0, 0.1) is 0 Å². The van der Waals surface area contributed by atoms with Gasteiger partial charge in [0.05, 0.1) is 14.2 Å². The largest absolute Gasteiger partial charge is 0.479 e. The maximum Gasteiger partial charge on any atom is 0.346 e.